The summed E-state index contributed by atoms with van der Waals surface area (Å²) in [6.45, 7) is 4.94. The van der Waals surface area contributed by atoms with E-state index in [2.05, 4.69) is 52.6 Å². The minimum Gasteiger partial charge on any atom is -0.380 e. The molecule has 0 aliphatic heterocycles. The topological polar surface area (TPSA) is 21.3 Å². The van der Waals surface area contributed by atoms with Crippen molar-refractivity contribution in [2.45, 2.75) is 26.5 Å². The second-order valence-electron chi connectivity index (χ2n) is 4.53. The summed E-state index contributed by atoms with van der Waals surface area (Å²) in [5, 5.41) is 5.72. The first-order valence-electron chi connectivity index (χ1n) is 6.20. The van der Waals surface area contributed by atoms with Crippen molar-refractivity contribution >= 4 is 33.0 Å². The zero-order valence-electron chi connectivity index (χ0n) is 11.4. The first-order valence-corrected chi connectivity index (χ1v) is 7.87. The van der Waals surface area contributed by atoms with Crippen LogP contribution in [0, 0.1) is 6.92 Å². The Balaban J connectivity index is 2.24. The highest BCUT2D eigenvalue weighted by Gasteiger charge is 2.13. The van der Waals surface area contributed by atoms with Gasteiger partial charge in [0.2, 0.25) is 0 Å². The maximum Gasteiger partial charge on any atom is 0.0744 e. The molecule has 1 atom stereocenters. The van der Waals surface area contributed by atoms with Crippen LogP contribution in [0.1, 0.15) is 29.0 Å². The van der Waals surface area contributed by atoms with Gasteiger partial charge in [-0.15, -0.1) is 11.3 Å². The van der Waals surface area contributed by atoms with E-state index in [0.717, 1.165) is 15.7 Å². The van der Waals surface area contributed by atoms with E-state index in [-0.39, 0.29) is 0 Å². The lowest BCUT2D eigenvalue weighted by molar-refractivity contribution is 0.185. The summed E-state index contributed by atoms with van der Waals surface area (Å²) in [5.74, 6) is 0. The average molecular weight is 340 g/mol. The van der Waals surface area contributed by atoms with Crippen molar-refractivity contribution in [3.05, 3.63) is 50.1 Å². The number of hydrogen-bond donors (Lipinski definition) is 1. The normalized spacial score (nSPS) is 12.4. The van der Waals surface area contributed by atoms with Crippen molar-refractivity contribution in [1.29, 1.82) is 0 Å². The van der Waals surface area contributed by atoms with Crippen molar-refractivity contribution in [2.75, 3.05) is 12.4 Å². The zero-order chi connectivity index (χ0) is 13.8. The van der Waals surface area contributed by atoms with Crippen molar-refractivity contribution in [1.82, 2.24) is 0 Å². The number of anilines is 1. The number of rotatable bonds is 5. The third-order valence-electron chi connectivity index (χ3n) is 3.07. The summed E-state index contributed by atoms with van der Waals surface area (Å²) < 4.78 is 6.36. The lowest BCUT2D eigenvalue weighted by atomic mass is 10.1. The third-order valence-corrected chi connectivity index (χ3v) is 5.02. The lowest BCUT2D eigenvalue weighted by Gasteiger charge is -2.18. The summed E-state index contributed by atoms with van der Waals surface area (Å²) in [5.41, 5.74) is 3.62. The van der Waals surface area contributed by atoms with E-state index in [1.807, 2.05) is 12.1 Å². The fraction of sp³-hybridized carbons (Fsp3) is 0.333. The number of nitrogens with one attached hydrogen (secondary N) is 1. The van der Waals surface area contributed by atoms with Gasteiger partial charge >= 0.3 is 0 Å². The van der Waals surface area contributed by atoms with Crippen molar-refractivity contribution < 1.29 is 4.74 Å². The molecule has 1 aromatic carbocycles. The molecule has 102 valence electrons. The van der Waals surface area contributed by atoms with E-state index in [0.29, 0.717) is 12.6 Å². The summed E-state index contributed by atoms with van der Waals surface area (Å²) in [7, 11) is 1.72. The van der Waals surface area contributed by atoms with Gasteiger partial charge in [-0.2, -0.15) is 0 Å². The summed E-state index contributed by atoms with van der Waals surface area (Å²) in [6.07, 6.45) is 0. The van der Waals surface area contributed by atoms with Gasteiger partial charge in [-0.25, -0.2) is 0 Å². The van der Waals surface area contributed by atoms with Crippen LogP contribution >= 0.6 is 27.3 Å². The second-order valence-corrected chi connectivity index (χ2v) is 6.33. The van der Waals surface area contributed by atoms with Crippen LogP contribution in [0.5, 0.6) is 0 Å². The maximum atomic E-state index is 5.28. The molecular weight excluding hydrogens is 322 g/mol. The number of aryl methyl sites for hydroxylation is 1. The van der Waals surface area contributed by atoms with E-state index in [1.165, 1.54) is 10.4 Å². The largest absolute Gasteiger partial charge is 0.380 e. The summed E-state index contributed by atoms with van der Waals surface area (Å²) in [6, 6.07) is 8.64. The monoisotopic (exact) mass is 339 g/mol. The predicted molar refractivity (Wildman–Crippen MR) is 85.9 cm³/mol. The highest BCUT2D eigenvalue weighted by molar-refractivity contribution is 9.10. The van der Waals surface area contributed by atoms with Crippen LogP contribution in [0.15, 0.2) is 34.1 Å². The molecule has 0 radical (unpaired) electrons. The second kappa shape index (κ2) is 6.55. The van der Waals surface area contributed by atoms with Gasteiger partial charge in [0.25, 0.3) is 0 Å². The van der Waals surface area contributed by atoms with Crippen LogP contribution in [0.25, 0.3) is 0 Å². The SMILES string of the molecule is COCc1c(Br)cccc1NC(C)c1sccc1C. The number of thiophene rings is 1. The van der Waals surface area contributed by atoms with Crippen LogP contribution in [0.3, 0.4) is 0 Å². The van der Waals surface area contributed by atoms with Crippen molar-refractivity contribution in [2.24, 2.45) is 0 Å². The predicted octanol–water partition coefficient (Wildman–Crippen LogP) is 5.14. The summed E-state index contributed by atoms with van der Waals surface area (Å²) >= 11 is 5.38. The Bertz CT molecular complexity index is 553. The van der Waals surface area contributed by atoms with Crippen LogP contribution < -0.4 is 5.32 Å². The highest BCUT2D eigenvalue weighted by atomic mass is 79.9. The molecule has 0 aliphatic rings. The number of benzene rings is 1. The maximum absolute atomic E-state index is 5.28. The molecule has 1 unspecified atom stereocenters. The first kappa shape index (κ1) is 14.6. The molecule has 0 fully saturated rings. The quantitative estimate of drug-likeness (QED) is 0.814. The molecule has 1 N–H and O–H groups in total. The zero-order valence-corrected chi connectivity index (χ0v) is 13.8. The fourth-order valence-corrected chi connectivity index (χ4v) is 3.53. The average Bonchev–Trinajstić information content (AvgIpc) is 2.80. The molecule has 1 aromatic heterocycles. The molecule has 0 saturated heterocycles. The van der Waals surface area contributed by atoms with Gasteiger partial charge in [0.15, 0.2) is 0 Å². The Morgan fingerprint density at radius 3 is 2.79 bits per heavy atom. The van der Waals surface area contributed by atoms with Gasteiger partial charge in [0.1, 0.15) is 0 Å². The van der Waals surface area contributed by atoms with Gasteiger partial charge in [-0.3, -0.25) is 0 Å². The highest BCUT2D eigenvalue weighted by Crippen LogP contribution is 2.31. The Hall–Kier alpha value is -0.840. The molecule has 0 bridgehead atoms. The fourth-order valence-electron chi connectivity index (χ4n) is 2.11. The molecule has 0 aliphatic carbocycles. The van der Waals surface area contributed by atoms with Gasteiger partial charge in [0.05, 0.1) is 12.6 Å². The number of hydrogen-bond acceptors (Lipinski definition) is 3. The van der Waals surface area contributed by atoms with Gasteiger partial charge in [0, 0.05) is 27.7 Å². The molecule has 19 heavy (non-hydrogen) atoms. The van der Waals surface area contributed by atoms with Gasteiger partial charge in [-0.05, 0) is 43.0 Å². The van der Waals surface area contributed by atoms with Gasteiger partial charge < -0.3 is 10.1 Å². The third kappa shape index (κ3) is 3.38. The van der Waals surface area contributed by atoms with Gasteiger partial charge in [-0.1, -0.05) is 22.0 Å². The molecule has 2 nitrogen and oxygen atoms in total. The number of halogens is 1. The summed E-state index contributed by atoms with van der Waals surface area (Å²) in [4.78, 5) is 1.38. The molecule has 0 saturated carbocycles. The molecule has 4 heteroatoms. The van der Waals surface area contributed by atoms with Crippen molar-refractivity contribution in [3.63, 3.8) is 0 Å². The first-order chi connectivity index (χ1) is 9.13. The molecular formula is C15H18BrNOS. The minimum atomic E-state index is 0.296. The Kier molecular flexibility index (Phi) is 5.02. The minimum absolute atomic E-state index is 0.296. The van der Waals surface area contributed by atoms with Crippen LogP contribution in [0.2, 0.25) is 0 Å². The molecule has 1 heterocycles. The van der Waals surface area contributed by atoms with E-state index >= 15 is 0 Å². The van der Waals surface area contributed by atoms with Crippen LogP contribution in [-0.4, -0.2) is 7.11 Å². The lowest BCUT2D eigenvalue weighted by Crippen LogP contribution is -2.08. The van der Waals surface area contributed by atoms with Crippen LogP contribution in [0.4, 0.5) is 5.69 Å². The Labute approximate surface area is 126 Å². The number of methoxy groups -OCH3 is 1. The van der Waals surface area contributed by atoms with E-state index < -0.39 is 0 Å². The molecule has 2 aromatic rings. The van der Waals surface area contributed by atoms with E-state index in [4.69, 9.17) is 4.74 Å². The molecule has 0 spiro atoms. The molecule has 2 rings (SSSR count). The molecule has 0 amide bonds. The van der Waals surface area contributed by atoms with Crippen molar-refractivity contribution in [3.8, 4) is 0 Å². The van der Waals surface area contributed by atoms with E-state index in [1.54, 1.807) is 18.4 Å². The van der Waals surface area contributed by atoms with Crippen LogP contribution in [-0.2, 0) is 11.3 Å². The Morgan fingerprint density at radius 2 is 2.16 bits per heavy atom. The smallest absolute Gasteiger partial charge is 0.0744 e. The number of ether oxygens (including phenoxy) is 1. The Morgan fingerprint density at radius 1 is 1.37 bits per heavy atom. The van der Waals surface area contributed by atoms with E-state index in [9.17, 15) is 0 Å². The standard InChI is InChI=1S/C15H18BrNOS/c1-10-7-8-19-15(10)11(2)17-14-6-4-5-13(16)12(14)9-18-3/h4-8,11,17H,9H2,1-3H3.